The smallest absolute Gasteiger partial charge is 0.416 e. The number of hydrogen-bond acceptors (Lipinski definition) is 3. The number of halogens is 4. The maximum Gasteiger partial charge on any atom is 0.416 e. The highest BCUT2D eigenvalue weighted by molar-refractivity contribution is 6.31. The lowest BCUT2D eigenvalue weighted by molar-refractivity contribution is -0.137. The van der Waals surface area contributed by atoms with E-state index in [0.29, 0.717) is 10.3 Å². The summed E-state index contributed by atoms with van der Waals surface area (Å²) in [6, 6.07) is 8.88. The molecule has 4 rings (SSSR count). The van der Waals surface area contributed by atoms with Gasteiger partial charge in [-0.05, 0) is 42.2 Å². The fourth-order valence-corrected chi connectivity index (χ4v) is 3.86. The lowest BCUT2D eigenvalue weighted by atomic mass is 9.80. The van der Waals surface area contributed by atoms with Gasteiger partial charge in [-0.2, -0.15) is 13.2 Å². The molecule has 0 amide bonds. The van der Waals surface area contributed by atoms with E-state index in [2.05, 4.69) is 0 Å². The number of carbonyl (C=O) groups excluding carboxylic acids is 1. The van der Waals surface area contributed by atoms with Crippen molar-refractivity contribution in [3.8, 4) is 0 Å². The second kappa shape index (κ2) is 6.38. The standard InChI is InChI=1S/C20H12ClF3NO3/c21-13-4-5-15-14(9-13)19(27)18-16(25(15)28)7-11(8-17(18)26)10-2-1-3-12(6-10)20(22,23)24/h1-6,9,11H,7-8H2/q-1. The van der Waals surface area contributed by atoms with Crippen LogP contribution in [0.25, 0.3) is 10.9 Å². The van der Waals surface area contributed by atoms with Gasteiger partial charge >= 0.3 is 6.18 Å². The number of ketones is 1. The summed E-state index contributed by atoms with van der Waals surface area (Å²) < 4.78 is 39.5. The highest BCUT2D eigenvalue weighted by atomic mass is 35.5. The molecule has 1 aliphatic rings. The molecule has 0 saturated heterocycles. The molecule has 0 aliphatic heterocycles. The third-order valence-corrected chi connectivity index (χ3v) is 5.25. The quantitative estimate of drug-likeness (QED) is 0.575. The van der Waals surface area contributed by atoms with E-state index in [-0.39, 0.29) is 40.0 Å². The molecule has 1 unspecified atom stereocenters. The topological polar surface area (TPSA) is 62.1 Å². The molecule has 1 aliphatic carbocycles. The number of benzene rings is 2. The number of pyridine rings is 1. The summed E-state index contributed by atoms with van der Waals surface area (Å²) in [6.45, 7) is 0. The maximum absolute atomic E-state index is 13.0. The highest BCUT2D eigenvalue weighted by Gasteiger charge is 2.34. The normalized spacial score (nSPS) is 17.0. The van der Waals surface area contributed by atoms with Gasteiger partial charge in [-0.1, -0.05) is 29.8 Å². The molecule has 0 N–H and O–H groups in total. The van der Waals surface area contributed by atoms with E-state index in [1.165, 1.54) is 30.3 Å². The molecule has 0 fully saturated rings. The lowest BCUT2D eigenvalue weighted by Crippen LogP contribution is -2.30. The Hall–Kier alpha value is -2.80. The van der Waals surface area contributed by atoms with E-state index in [0.717, 1.165) is 12.1 Å². The molecule has 8 heteroatoms. The molecule has 28 heavy (non-hydrogen) atoms. The molecular formula is C20H12ClF3NO3-. The Kier molecular flexibility index (Phi) is 4.23. The number of alkyl halides is 3. The van der Waals surface area contributed by atoms with Gasteiger partial charge in [0.15, 0.2) is 5.78 Å². The molecule has 2 aromatic carbocycles. The van der Waals surface area contributed by atoms with Crippen LogP contribution in [0.5, 0.6) is 0 Å². The molecule has 0 spiro atoms. The number of hydrogen-bond donors (Lipinski definition) is 0. The summed E-state index contributed by atoms with van der Waals surface area (Å²) in [5.74, 6) is -1.17. The minimum absolute atomic E-state index is 0.000307. The van der Waals surface area contributed by atoms with Crippen molar-refractivity contribution >= 4 is 28.3 Å². The van der Waals surface area contributed by atoms with Crippen LogP contribution in [-0.4, -0.2) is 10.5 Å². The van der Waals surface area contributed by atoms with Crippen LogP contribution in [0.1, 0.15) is 39.5 Å². The number of fused-ring (bicyclic) bond motifs is 2. The Bertz CT molecular complexity index is 1180. The minimum atomic E-state index is -4.51. The minimum Gasteiger partial charge on any atom is -0.805 e. The lowest BCUT2D eigenvalue weighted by Gasteiger charge is -2.30. The average Bonchev–Trinajstić information content (AvgIpc) is 2.65. The summed E-state index contributed by atoms with van der Waals surface area (Å²) in [5, 5.41) is 13.1. The molecule has 1 aromatic heterocycles. The number of carbonyl (C=O) groups is 1. The van der Waals surface area contributed by atoms with Crippen LogP contribution in [0.15, 0.2) is 47.3 Å². The zero-order valence-corrected chi connectivity index (χ0v) is 15.0. The van der Waals surface area contributed by atoms with Crippen molar-refractivity contribution in [2.75, 3.05) is 0 Å². The number of Topliss-reactive ketones (excluding diaryl/α,β-unsaturated/α-hetero) is 1. The third kappa shape index (κ3) is 2.96. The van der Waals surface area contributed by atoms with Gasteiger partial charge in [-0.3, -0.25) is 9.59 Å². The largest absolute Gasteiger partial charge is 0.805 e. The van der Waals surface area contributed by atoms with Crippen molar-refractivity contribution in [1.82, 2.24) is 4.73 Å². The van der Waals surface area contributed by atoms with E-state index >= 15 is 0 Å². The zero-order valence-electron chi connectivity index (χ0n) is 14.2. The van der Waals surface area contributed by atoms with E-state index in [1.54, 1.807) is 0 Å². The van der Waals surface area contributed by atoms with E-state index in [9.17, 15) is 28.0 Å². The molecule has 0 saturated carbocycles. The molecule has 3 aromatic rings. The van der Waals surface area contributed by atoms with Gasteiger partial charge in [0.05, 0.1) is 11.1 Å². The Morgan fingerprint density at radius 2 is 1.82 bits per heavy atom. The summed E-state index contributed by atoms with van der Waals surface area (Å²) in [5.41, 5.74) is -1.24. The number of rotatable bonds is 1. The fourth-order valence-electron chi connectivity index (χ4n) is 3.69. The van der Waals surface area contributed by atoms with Crippen molar-refractivity contribution in [1.29, 1.82) is 0 Å². The fraction of sp³-hybridized carbons (Fsp3) is 0.200. The highest BCUT2D eigenvalue weighted by Crippen LogP contribution is 2.36. The summed E-state index contributed by atoms with van der Waals surface area (Å²) in [7, 11) is 0. The Labute approximate surface area is 161 Å². The van der Waals surface area contributed by atoms with Gasteiger partial charge in [0.1, 0.15) is 0 Å². The number of aromatic nitrogens is 1. The second-order valence-electron chi connectivity index (χ2n) is 6.76. The van der Waals surface area contributed by atoms with Crippen molar-refractivity contribution < 1.29 is 18.0 Å². The summed E-state index contributed by atoms with van der Waals surface area (Å²) >= 11 is 5.89. The first-order valence-corrected chi connectivity index (χ1v) is 8.79. The first-order chi connectivity index (χ1) is 13.2. The van der Waals surface area contributed by atoms with Crippen LogP contribution in [-0.2, 0) is 12.6 Å². The Balaban J connectivity index is 1.85. The zero-order chi connectivity index (χ0) is 20.2. The van der Waals surface area contributed by atoms with Crippen molar-refractivity contribution in [3.05, 3.63) is 85.3 Å². The predicted molar refractivity (Wildman–Crippen MR) is 98.8 cm³/mol. The van der Waals surface area contributed by atoms with E-state index in [4.69, 9.17) is 11.6 Å². The first kappa shape index (κ1) is 18.6. The Morgan fingerprint density at radius 3 is 2.54 bits per heavy atom. The van der Waals surface area contributed by atoms with Crippen LogP contribution in [0.2, 0.25) is 5.02 Å². The van der Waals surface area contributed by atoms with Crippen LogP contribution < -0.4 is 5.43 Å². The number of nitrogens with zero attached hydrogens (tertiary/aromatic N) is 1. The van der Waals surface area contributed by atoms with Crippen LogP contribution >= 0.6 is 11.6 Å². The van der Waals surface area contributed by atoms with Crippen LogP contribution in [0, 0.1) is 5.21 Å². The van der Waals surface area contributed by atoms with Crippen molar-refractivity contribution in [2.45, 2.75) is 24.9 Å². The van der Waals surface area contributed by atoms with Crippen LogP contribution in [0.3, 0.4) is 0 Å². The SMILES string of the molecule is O=C1CC(c2cccc(C(F)(F)F)c2)Cc2c1c(=O)c1cc(Cl)ccc1n2[O-]. The van der Waals surface area contributed by atoms with Gasteiger partial charge in [-0.25, -0.2) is 0 Å². The molecule has 1 atom stereocenters. The molecule has 144 valence electrons. The van der Waals surface area contributed by atoms with Gasteiger partial charge in [0.25, 0.3) is 0 Å². The molecule has 0 bridgehead atoms. The average molecular weight is 407 g/mol. The predicted octanol–water partition coefficient (Wildman–Crippen LogP) is 4.93. The summed E-state index contributed by atoms with van der Waals surface area (Å²) in [4.78, 5) is 25.4. The molecule has 0 radical (unpaired) electrons. The van der Waals surface area contributed by atoms with Gasteiger partial charge in [0.2, 0.25) is 5.43 Å². The van der Waals surface area contributed by atoms with Crippen LogP contribution in [0.4, 0.5) is 13.2 Å². The second-order valence-corrected chi connectivity index (χ2v) is 7.19. The van der Waals surface area contributed by atoms with E-state index < -0.39 is 28.9 Å². The molecule has 4 nitrogen and oxygen atoms in total. The van der Waals surface area contributed by atoms with Gasteiger partial charge in [-0.15, -0.1) is 0 Å². The Morgan fingerprint density at radius 1 is 1.07 bits per heavy atom. The van der Waals surface area contributed by atoms with Crippen molar-refractivity contribution in [2.24, 2.45) is 0 Å². The maximum atomic E-state index is 13.0. The van der Waals surface area contributed by atoms with E-state index in [1.807, 2.05) is 0 Å². The summed E-state index contributed by atoms with van der Waals surface area (Å²) in [6.07, 6.45) is -4.65. The molecule has 1 heterocycles. The van der Waals surface area contributed by atoms with Crippen molar-refractivity contribution in [3.63, 3.8) is 0 Å². The third-order valence-electron chi connectivity index (χ3n) is 5.02. The van der Waals surface area contributed by atoms with Gasteiger partial charge in [0, 0.05) is 28.0 Å². The first-order valence-electron chi connectivity index (χ1n) is 8.42. The molecular weight excluding hydrogens is 395 g/mol. The monoisotopic (exact) mass is 406 g/mol. The van der Waals surface area contributed by atoms with Gasteiger partial charge < -0.3 is 9.94 Å².